The van der Waals surface area contributed by atoms with E-state index >= 15 is 0 Å². The van der Waals surface area contributed by atoms with Crippen LogP contribution in [0.5, 0.6) is 0 Å². The summed E-state index contributed by atoms with van der Waals surface area (Å²) in [6.07, 6.45) is 1.49. The van der Waals surface area contributed by atoms with Crippen molar-refractivity contribution in [1.29, 1.82) is 0 Å². The van der Waals surface area contributed by atoms with E-state index in [0.717, 1.165) is 5.56 Å². The van der Waals surface area contributed by atoms with E-state index in [4.69, 9.17) is 4.42 Å². The maximum Gasteiger partial charge on any atom is 0.257 e. The topological polar surface area (TPSA) is 70.8 Å². The minimum atomic E-state index is -3.54. The molecule has 6 nitrogen and oxygen atoms in total. The normalized spacial score (nSPS) is 16.2. The Labute approximate surface area is 154 Å². The number of benzene rings is 1. The van der Waals surface area contributed by atoms with Gasteiger partial charge < -0.3 is 9.32 Å². The van der Waals surface area contributed by atoms with Gasteiger partial charge in [-0.15, -0.1) is 0 Å². The third-order valence-corrected chi connectivity index (χ3v) is 6.71. The SMILES string of the molecule is Cc1occc1C(=O)N1CCN(S(=O)(=O)c2ccc(C(C)C)cc2)CC1. The van der Waals surface area contributed by atoms with E-state index in [-0.39, 0.29) is 19.0 Å². The van der Waals surface area contributed by atoms with Gasteiger partial charge in [-0.25, -0.2) is 8.42 Å². The Morgan fingerprint density at radius 2 is 1.65 bits per heavy atom. The number of sulfonamides is 1. The van der Waals surface area contributed by atoms with Gasteiger partial charge in [-0.2, -0.15) is 4.31 Å². The second-order valence-corrected chi connectivity index (χ2v) is 8.75. The molecular formula is C19H24N2O4S. The quantitative estimate of drug-likeness (QED) is 0.823. The van der Waals surface area contributed by atoms with Crippen LogP contribution >= 0.6 is 0 Å². The van der Waals surface area contributed by atoms with Crippen LogP contribution in [0, 0.1) is 6.92 Å². The highest BCUT2D eigenvalue weighted by Crippen LogP contribution is 2.22. The summed E-state index contributed by atoms with van der Waals surface area (Å²) >= 11 is 0. The summed E-state index contributed by atoms with van der Waals surface area (Å²) in [6, 6.07) is 8.70. The molecule has 1 aromatic carbocycles. The lowest BCUT2D eigenvalue weighted by Crippen LogP contribution is -2.50. The van der Waals surface area contributed by atoms with E-state index in [1.54, 1.807) is 30.0 Å². The standard InChI is InChI=1S/C19H24N2O4S/c1-14(2)16-4-6-17(7-5-16)26(23,24)21-11-9-20(10-12-21)19(22)18-8-13-25-15(18)3/h4-8,13-14H,9-12H2,1-3H3. The van der Waals surface area contributed by atoms with Crippen LogP contribution in [0.15, 0.2) is 45.9 Å². The van der Waals surface area contributed by atoms with E-state index in [1.807, 2.05) is 12.1 Å². The molecule has 1 aliphatic heterocycles. The maximum atomic E-state index is 12.8. The van der Waals surface area contributed by atoms with Crippen molar-refractivity contribution in [3.05, 3.63) is 53.5 Å². The summed E-state index contributed by atoms with van der Waals surface area (Å²) in [4.78, 5) is 14.5. The Kier molecular flexibility index (Phi) is 5.20. The molecule has 0 bridgehead atoms. The van der Waals surface area contributed by atoms with Crippen LogP contribution in [0.2, 0.25) is 0 Å². The van der Waals surface area contributed by atoms with Gasteiger partial charge in [0.1, 0.15) is 5.76 Å². The molecule has 0 unspecified atom stereocenters. The Hall–Kier alpha value is -2.12. The molecular weight excluding hydrogens is 352 g/mol. The number of amides is 1. The summed E-state index contributed by atoms with van der Waals surface area (Å²) in [5, 5.41) is 0. The van der Waals surface area contributed by atoms with Crippen LogP contribution in [0.3, 0.4) is 0 Å². The van der Waals surface area contributed by atoms with Gasteiger partial charge >= 0.3 is 0 Å². The van der Waals surface area contributed by atoms with Gasteiger partial charge in [0.15, 0.2) is 0 Å². The molecule has 1 aromatic heterocycles. The molecule has 26 heavy (non-hydrogen) atoms. The van der Waals surface area contributed by atoms with E-state index in [1.165, 1.54) is 10.6 Å². The Morgan fingerprint density at radius 1 is 1.04 bits per heavy atom. The Balaban J connectivity index is 1.68. The van der Waals surface area contributed by atoms with E-state index in [9.17, 15) is 13.2 Å². The molecule has 2 heterocycles. The number of carbonyl (C=O) groups is 1. The molecule has 140 valence electrons. The van der Waals surface area contributed by atoms with Crippen molar-refractivity contribution in [3.8, 4) is 0 Å². The lowest BCUT2D eigenvalue weighted by molar-refractivity contribution is 0.0696. The zero-order valence-electron chi connectivity index (χ0n) is 15.3. The van der Waals surface area contributed by atoms with Crippen molar-refractivity contribution in [2.45, 2.75) is 31.6 Å². The first-order valence-electron chi connectivity index (χ1n) is 8.74. The molecule has 0 aliphatic carbocycles. The molecule has 0 radical (unpaired) electrons. The maximum absolute atomic E-state index is 12.8. The van der Waals surface area contributed by atoms with Crippen LogP contribution < -0.4 is 0 Å². The zero-order valence-corrected chi connectivity index (χ0v) is 16.1. The van der Waals surface area contributed by atoms with Crippen molar-refractivity contribution in [1.82, 2.24) is 9.21 Å². The summed E-state index contributed by atoms with van der Waals surface area (Å²) in [6.45, 7) is 7.20. The minimum Gasteiger partial charge on any atom is -0.469 e. The van der Waals surface area contributed by atoms with E-state index < -0.39 is 10.0 Å². The van der Waals surface area contributed by atoms with Crippen LogP contribution in [0.25, 0.3) is 0 Å². The second-order valence-electron chi connectivity index (χ2n) is 6.81. The summed E-state index contributed by atoms with van der Waals surface area (Å²) < 4.78 is 32.3. The molecule has 1 aliphatic rings. The molecule has 0 spiro atoms. The van der Waals surface area contributed by atoms with Crippen molar-refractivity contribution in [2.75, 3.05) is 26.2 Å². The molecule has 3 rings (SSSR count). The van der Waals surface area contributed by atoms with Crippen molar-refractivity contribution < 1.29 is 17.6 Å². The highest BCUT2D eigenvalue weighted by atomic mass is 32.2. The highest BCUT2D eigenvalue weighted by molar-refractivity contribution is 7.89. The third kappa shape index (κ3) is 3.54. The summed E-state index contributed by atoms with van der Waals surface area (Å²) in [7, 11) is -3.54. The Bertz CT molecular complexity index is 877. The number of piperazine rings is 1. The molecule has 0 saturated carbocycles. The van der Waals surface area contributed by atoms with Crippen molar-refractivity contribution >= 4 is 15.9 Å². The summed E-state index contributed by atoms with van der Waals surface area (Å²) in [5.41, 5.74) is 1.64. The average Bonchev–Trinajstić information content (AvgIpc) is 3.07. The number of carbonyl (C=O) groups excluding carboxylic acids is 1. The molecule has 1 saturated heterocycles. The minimum absolute atomic E-state index is 0.116. The molecule has 1 amide bonds. The Morgan fingerprint density at radius 3 is 2.15 bits per heavy atom. The van der Waals surface area contributed by atoms with Crippen LogP contribution in [-0.2, 0) is 10.0 Å². The molecule has 7 heteroatoms. The number of aryl methyl sites for hydroxylation is 1. The fraction of sp³-hybridized carbons (Fsp3) is 0.421. The van der Waals surface area contributed by atoms with Crippen LogP contribution in [0.1, 0.15) is 41.4 Å². The second kappa shape index (κ2) is 7.25. The predicted octanol–water partition coefficient (Wildman–Crippen LogP) is 2.86. The van der Waals surface area contributed by atoms with Gasteiger partial charge in [-0.1, -0.05) is 26.0 Å². The number of hydrogen-bond acceptors (Lipinski definition) is 4. The van der Waals surface area contributed by atoms with E-state index in [0.29, 0.717) is 35.2 Å². The monoisotopic (exact) mass is 376 g/mol. The first-order chi connectivity index (χ1) is 12.3. The van der Waals surface area contributed by atoms with Crippen LogP contribution in [0.4, 0.5) is 0 Å². The van der Waals surface area contributed by atoms with Gasteiger partial charge in [0.25, 0.3) is 5.91 Å². The highest BCUT2D eigenvalue weighted by Gasteiger charge is 2.31. The largest absolute Gasteiger partial charge is 0.469 e. The molecule has 2 aromatic rings. The van der Waals surface area contributed by atoms with Gasteiger partial charge in [0, 0.05) is 26.2 Å². The predicted molar refractivity (Wildman–Crippen MR) is 98.6 cm³/mol. The fourth-order valence-corrected chi connectivity index (χ4v) is 4.50. The first kappa shape index (κ1) is 18.7. The number of furan rings is 1. The molecule has 1 fully saturated rings. The molecule has 0 N–H and O–H groups in total. The van der Waals surface area contributed by atoms with Gasteiger partial charge in [-0.3, -0.25) is 4.79 Å². The fourth-order valence-electron chi connectivity index (χ4n) is 3.08. The smallest absolute Gasteiger partial charge is 0.257 e. The van der Waals surface area contributed by atoms with Gasteiger partial charge in [0.2, 0.25) is 10.0 Å². The summed E-state index contributed by atoms with van der Waals surface area (Å²) in [5.74, 6) is 0.817. The van der Waals surface area contributed by atoms with Gasteiger partial charge in [0.05, 0.1) is 16.7 Å². The average molecular weight is 376 g/mol. The first-order valence-corrected chi connectivity index (χ1v) is 10.2. The molecule has 0 atom stereocenters. The van der Waals surface area contributed by atoms with Gasteiger partial charge in [-0.05, 0) is 36.6 Å². The zero-order chi connectivity index (χ0) is 18.9. The van der Waals surface area contributed by atoms with E-state index in [2.05, 4.69) is 13.8 Å². The lowest BCUT2D eigenvalue weighted by atomic mass is 10.0. The van der Waals surface area contributed by atoms with Crippen molar-refractivity contribution in [2.24, 2.45) is 0 Å². The third-order valence-electron chi connectivity index (χ3n) is 4.80. The number of hydrogen-bond donors (Lipinski definition) is 0. The van der Waals surface area contributed by atoms with Crippen molar-refractivity contribution in [3.63, 3.8) is 0 Å². The van der Waals surface area contributed by atoms with Crippen LogP contribution in [-0.4, -0.2) is 49.7 Å². The number of rotatable bonds is 4. The number of nitrogens with zero attached hydrogens (tertiary/aromatic N) is 2. The lowest BCUT2D eigenvalue weighted by Gasteiger charge is -2.34.